The second-order valence-corrected chi connectivity index (χ2v) is 7.39. The van der Waals surface area contributed by atoms with Crippen LogP contribution in [0.1, 0.15) is 38.2 Å². The van der Waals surface area contributed by atoms with Gasteiger partial charge in [0.05, 0.1) is 13.2 Å². The standard InChI is InChI=1S/C19H27N5O2/c1-14(2)15-3-4-17(20-13-15)18-21-22-19(26-18)24-7-5-16(6-8-24)23-9-11-25-12-10-23/h3-4,13-14,16H,5-12H2,1-2H3. The molecule has 0 unspecified atom stereocenters. The van der Waals surface area contributed by atoms with Gasteiger partial charge in [-0.05, 0) is 30.4 Å². The lowest BCUT2D eigenvalue weighted by Gasteiger charge is -2.39. The summed E-state index contributed by atoms with van der Waals surface area (Å²) in [6.45, 7) is 10.0. The molecule has 0 amide bonds. The Bertz CT molecular complexity index is 701. The molecule has 2 aromatic heterocycles. The van der Waals surface area contributed by atoms with E-state index in [1.807, 2.05) is 12.3 Å². The molecule has 2 aromatic rings. The number of piperidine rings is 1. The van der Waals surface area contributed by atoms with E-state index in [-0.39, 0.29) is 0 Å². The molecule has 2 aliphatic heterocycles. The fourth-order valence-corrected chi connectivity index (χ4v) is 3.69. The number of ether oxygens (including phenoxy) is 1. The maximum absolute atomic E-state index is 5.90. The maximum Gasteiger partial charge on any atom is 0.318 e. The van der Waals surface area contributed by atoms with Gasteiger partial charge in [-0.3, -0.25) is 9.88 Å². The van der Waals surface area contributed by atoms with E-state index in [0.29, 0.717) is 23.9 Å². The van der Waals surface area contributed by atoms with Gasteiger partial charge >= 0.3 is 6.01 Å². The number of hydrogen-bond acceptors (Lipinski definition) is 7. The van der Waals surface area contributed by atoms with Crippen LogP contribution in [0, 0.1) is 0 Å². The van der Waals surface area contributed by atoms with Crippen molar-refractivity contribution in [2.24, 2.45) is 0 Å². The first-order chi connectivity index (χ1) is 12.7. The van der Waals surface area contributed by atoms with Gasteiger partial charge < -0.3 is 14.1 Å². The Labute approximate surface area is 154 Å². The number of pyridine rings is 1. The van der Waals surface area contributed by atoms with E-state index >= 15 is 0 Å². The number of morpholine rings is 1. The predicted molar refractivity (Wildman–Crippen MR) is 99.2 cm³/mol. The minimum absolute atomic E-state index is 0.461. The molecule has 140 valence electrons. The normalized spacial score (nSPS) is 20.0. The maximum atomic E-state index is 5.90. The van der Waals surface area contributed by atoms with Crippen molar-refractivity contribution in [3.63, 3.8) is 0 Å². The van der Waals surface area contributed by atoms with Crippen molar-refractivity contribution in [1.29, 1.82) is 0 Å². The zero-order valence-electron chi connectivity index (χ0n) is 15.6. The van der Waals surface area contributed by atoms with Gasteiger partial charge in [-0.1, -0.05) is 25.0 Å². The molecule has 7 heteroatoms. The quantitative estimate of drug-likeness (QED) is 0.833. The molecule has 2 saturated heterocycles. The van der Waals surface area contributed by atoms with Gasteiger partial charge in [-0.15, -0.1) is 5.10 Å². The number of aromatic nitrogens is 3. The summed E-state index contributed by atoms with van der Waals surface area (Å²) in [6, 6.07) is 5.28. The molecule has 2 fully saturated rings. The van der Waals surface area contributed by atoms with Gasteiger partial charge in [-0.25, -0.2) is 0 Å². The van der Waals surface area contributed by atoms with Crippen molar-refractivity contribution in [3.8, 4) is 11.6 Å². The molecule has 4 rings (SSSR count). The summed E-state index contributed by atoms with van der Waals surface area (Å²) < 4.78 is 11.4. The van der Waals surface area contributed by atoms with E-state index in [2.05, 4.69) is 44.9 Å². The molecule has 0 atom stereocenters. The number of hydrogen-bond donors (Lipinski definition) is 0. The van der Waals surface area contributed by atoms with Gasteiger partial charge in [0.1, 0.15) is 5.69 Å². The lowest BCUT2D eigenvalue weighted by atomic mass is 10.0. The molecule has 0 aromatic carbocycles. The summed E-state index contributed by atoms with van der Waals surface area (Å²) >= 11 is 0. The Morgan fingerprint density at radius 2 is 1.81 bits per heavy atom. The molecular weight excluding hydrogens is 330 g/mol. The molecule has 26 heavy (non-hydrogen) atoms. The lowest BCUT2D eigenvalue weighted by molar-refractivity contribution is 0.0113. The molecule has 7 nitrogen and oxygen atoms in total. The van der Waals surface area contributed by atoms with E-state index in [0.717, 1.165) is 57.9 Å². The first-order valence-electron chi connectivity index (χ1n) is 9.57. The highest BCUT2D eigenvalue weighted by Gasteiger charge is 2.28. The van der Waals surface area contributed by atoms with Gasteiger partial charge in [-0.2, -0.15) is 0 Å². The smallest absolute Gasteiger partial charge is 0.318 e. The Kier molecular flexibility index (Phi) is 5.17. The average molecular weight is 357 g/mol. The van der Waals surface area contributed by atoms with E-state index in [1.165, 1.54) is 5.56 Å². The fourth-order valence-electron chi connectivity index (χ4n) is 3.69. The van der Waals surface area contributed by atoms with Gasteiger partial charge in [0.15, 0.2) is 0 Å². The van der Waals surface area contributed by atoms with Gasteiger partial charge in [0, 0.05) is 38.4 Å². The Balaban J connectivity index is 1.37. The average Bonchev–Trinajstić information content (AvgIpc) is 3.19. The first-order valence-corrected chi connectivity index (χ1v) is 9.57. The van der Waals surface area contributed by atoms with E-state index in [1.54, 1.807) is 0 Å². The van der Waals surface area contributed by atoms with E-state index in [4.69, 9.17) is 9.15 Å². The zero-order chi connectivity index (χ0) is 17.9. The van der Waals surface area contributed by atoms with Crippen molar-refractivity contribution in [3.05, 3.63) is 23.9 Å². The summed E-state index contributed by atoms with van der Waals surface area (Å²) in [5, 5.41) is 8.44. The molecular formula is C19H27N5O2. The fraction of sp³-hybridized carbons (Fsp3) is 0.632. The highest BCUT2D eigenvalue weighted by molar-refractivity contribution is 5.48. The van der Waals surface area contributed by atoms with Crippen molar-refractivity contribution in [2.75, 3.05) is 44.3 Å². The lowest BCUT2D eigenvalue weighted by Crippen LogP contribution is -2.49. The minimum Gasteiger partial charge on any atom is -0.402 e. The predicted octanol–water partition coefficient (Wildman–Crippen LogP) is 2.56. The van der Waals surface area contributed by atoms with Crippen LogP contribution in [-0.4, -0.2) is 65.5 Å². The van der Waals surface area contributed by atoms with Crippen LogP contribution in [0.3, 0.4) is 0 Å². The Morgan fingerprint density at radius 1 is 1.04 bits per heavy atom. The summed E-state index contributed by atoms with van der Waals surface area (Å²) in [6.07, 6.45) is 4.13. The molecule has 2 aliphatic rings. The minimum atomic E-state index is 0.461. The van der Waals surface area contributed by atoms with Gasteiger partial charge in [0.25, 0.3) is 5.89 Å². The highest BCUT2D eigenvalue weighted by Crippen LogP contribution is 2.25. The second kappa shape index (κ2) is 7.72. The SMILES string of the molecule is CC(C)c1ccc(-c2nnc(N3CCC(N4CCOCC4)CC3)o2)nc1. The third kappa shape index (κ3) is 3.73. The van der Waals surface area contributed by atoms with Crippen LogP contribution in [0.5, 0.6) is 0 Å². The van der Waals surface area contributed by atoms with E-state index in [9.17, 15) is 0 Å². The number of rotatable bonds is 4. The number of anilines is 1. The van der Waals surface area contributed by atoms with Gasteiger partial charge in [0.2, 0.25) is 0 Å². The number of nitrogens with zero attached hydrogens (tertiary/aromatic N) is 5. The second-order valence-electron chi connectivity index (χ2n) is 7.39. The first kappa shape index (κ1) is 17.4. The van der Waals surface area contributed by atoms with Crippen LogP contribution in [0.2, 0.25) is 0 Å². The van der Waals surface area contributed by atoms with Crippen molar-refractivity contribution < 1.29 is 9.15 Å². The summed E-state index contributed by atoms with van der Waals surface area (Å²) in [5.41, 5.74) is 1.94. The van der Waals surface area contributed by atoms with Crippen molar-refractivity contribution >= 4 is 6.01 Å². The largest absolute Gasteiger partial charge is 0.402 e. The van der Waals surface area contributed by atoms with Crippen molar-refractivity contribution in [1.82, 2.24) is 20.1 Å². The molecule has 0 aliphatic carbocycles. The summed E-state index contributed by atoms with van der Waals surface area (Å²) in [7, 11) is 0. The summed E-state index contributed by atoms with van der Waals surface area (Å²) in [5.74, 6) is 0.952. The van der Waals surface area contributed by atoms with E-state index < -0.39 is 0 Å². The van der Waals surface area contributed by atoms with Crippen LogP contribution < -0.4 is 4.90 Å². The Morgan fingerprint density at radius 3 is 2.46 bits per heavy atom. The van der Waals surface area contributed by atoms with Crippen molar-refractivity contribution in [2.45, 2.75) is 38.6 Å². The van der Waals surface area contributed by atoms with Crippen LogP contribution >= 0.6 is 0 Å². The third-order valence-electron chi connectivity index (χ3n) is 5.38. The monoisotopic (exact) mass is 357 g/mol. The third-order valence-corrected chi connectivity index (χ3v) is 5.38. The molecule has 0 N–H and O–H groups in total. The molecule has 0 bridgehead atoms. The van der Waals surface area contributed by atoms with Crippen LogP contribution in [0.4, 0.5) is 6.01 Å². The molecule has 0 saturated carbocycles. The molecule has 0 spiro atoms. The topological polar surface area (TPSA) is 67.5 Å². The van der Waals surface area contributed by atoms with Crippen LogP contribution in [0.25, 0.3) is 11.6 Å². The zero-order valence-corrected chi connectivity index (χ0v) is 15.6. The van der Waals surface area contributed by atoms with Crippen LogP contribution in [-0.2, 0) is 4.74 Å². The van der Waals surface area contributed by atoms with Crippen LogP contribution in [0.15, 0.2) is 22.7 Å². The molecule has 4 heterocycles. The Hall–Kier alpha value is -1.99. The molecule has 0 radical (unpaired) electrons. The summed E-state index contributed by atoms with van der Waals surface area (Å²) in [4.78, 5) is 9.21. The highest BCUT2D eigenvalue weighted by atomic mass is 16.5.